The largest absolute Gasteiger partial charge is 0.377 e. The van der Waals surface area contributed by atoms with Crippen molar-refractivity contribution < 1.29 is 4.74 Å². The quantitative estimate of drug-likeness (QED) is 0.751. The van der Waals surface area contributed by atoms with Crippen LogP contribution in [0.4, 0.5) is 0 Å². The van der Waals surface area contributed by atoms with E-state index in [1.54, 1.807) is 14.0 Å². The third kappa shape index (κ3) is 2.15. The molecule has 0 saturated carbocycles. The number of rotatable bonds is 3. The van der Waals surface area contributed by atoms with Gasteiger partial charge in [0.1, 0.15) is 12.4 Å². The monoisotopic (exact) mass is 182 g/mol. The fraction of sp³-hybridized carbons (Fsp3) is 0.556. The zero-order valence-electron chi connectivity index (χ0n) is 8.18. The summed E-state index contributed by atoms with van der Waals surface area (Å²) in [5.74, 6) is 0.593. The maximum Gasteiger partial charge on any atom is 0.254 e. The molecular formula is C9H14N2O2. The van der Waals surface area contributed by atoms with Gasteiger partial charge < -0.3 is 9.72 Å². The Morgan fingerprint density at radius 3 is 2.77 bits per heavy atom. The highest BCUT2D eigenvalue weighted by atomic mass is 16.5. The van der Waals surface area contributed by atoms with Crippen LogP contribution in [0, 0.1) is 6.92 Å². The zero-order valence-corrected chi connectivity index (χ0v) is 8.18. The third-order valence-electron chi connectivity index (χ3n) is 1.92. The molecule has 1 aromatic rings. The highest BCUT2D eigenvalue weighted by Gasteiger charge is 2.04. The zero-order chi connectivity index (χ0) is 9.84. The first-order valence-electron chi connectivity index (χ1n) is 4.26. The maximum atomic E-state index is 11.3. The van der Waals surface area contributed by atoms with E-state index in [2.05, 4.69) is 9.97 Å². The van der Waals surface area contributed by atoms with Crippen LogP contribution in [0.25, 0.3) is 0 Å². The number of hydrogen-bond acceptors (Lipinski definition) is 3. The molecule has 0 aliphatic rings. The molecule has 0 aliphatic carbocycles. The average Bonchev–Trinajstić information content (AvgIpc) is 2.11. The van der Waals surface area contributed by atoms with Gasteiger partial charge in [-0.15, -0.1) is 0 Å². The summed E-state index contributed by atoms with van der Waals surface area (Å²) in [7, 11) is 1.57. The summed E-state index contributed by atoms with van der Waals surface area (Å²) in [6, 6.07) is 0. The molecule has 1 N–H and O–H groups in total. The Kier molecular flexibility index (Phi) is 3.19. The Hall–Kier alpha value is -1.16. The summed E-state index contributed by atoms with van der Waals surface area (Å²) in [4.78, 5) is 18.3. The molecule has 4 heteroatoms. The van der Waals surface area contributed by atoms with Gasteiger partial charge in [0, 0.05) is 12.7 Å². The van der Waals surface area contributed by atoms with Crippen LogP contribution < -0.4 is 5.56 Å². The summed E-state index contributed by atoms with van der Waals surface area (Å²) < 4.78 is 4.89. The topological polar surface area (TPSA) is 55.0 Å². The first kappa shape index (κ1) is 9.92. The van der Waals surface area contributed by atoms with Gasteiger partial charge in [-0.1, -0.05) is 6.92 Å². The number of nitrogens with one attached hydrogen (secondary N) is 1. The van der Waals surface area contributed by atoms with Crippen LogP contribution in [0.5, 0.6) is 0 Å². The van der Waals surface area contributed by atoms with Gasteiger partial charge in [0.2, 0.25) is 0 Å². The van der Waals surface area contributed by atoms with Crippen molar-refractivity contribution in [3.05, 3.63) is 27.4 Å². The minimum absolute atomic E-state index is 0.0705. The lowest BCUT2D eigenvalue weighted by molar-refractivity contribution is 0.177. The average molecular weight is 182 g/mol. The van der Waals surface area contributed by atoms with Crippen LogP contribution >= 0.6 is 0 Å². The molecule has 1 rings (SSSR count). The lowest BCUT2D eigenvalue weighted by atomic mass is 10.2. The Bertz CT molecular complexity index is 344. The molecule has 0 atom stereocenters. The summed E-state index contributed by atoms with van der Waals surface area (Å²) >= 11 is 0. The number of aryl methyl sites for hydroxylation is 1. The second-order valence-electron chi connectivity index (χ2n) is 2.87. The number of hydrogen-bond donors (Lipinski definition) is 1. The number of methoxy groups -OCH3 is 1. The standard InChI is InChI=1S/C9H14N2O2/c1-4-7-6(2)9(12)11-8(10-7)5-13-3/h4-5H2,1-3H3,(H,10,11,12). The van der Waals surface area contributed by atoms with Gasteiger partial charge in [-0.25, -0.2) is 4.98 Å². The molecule has 0 spiro atoms. The first-order chi connectivity index (χ1) is 6.19. The van der Waals surface area contributed by atoms with Crippen molar-refractivity contribution >= 4 is 0 Å². The van der Waals surface area contributed by atoms with E-state index in [9.17, 15) is 4.79 Å². The summed E-state index contributed by atoms with van der Waals surface area (Å²) in [5, 5.41) is 0. The van der Waals surface area contributed by atoms with Gasteiger partial charge in [-0.3, -0.25) is 4.79 Å². The Morgan fingerprint density at radius 2 is 2.23 bits per heavy atom. The highest BCUT2D eigenvalue weighted by Crippen LogP contribution is 2.00. The summed E-state index contributed by atoms with van der Waals surface area (Å²) in [6.45, 7) is 4.11. The van der Waals surface area contributed by atoms with Gasteiger partial charge in [-0.2, -0.15) is 0 Å². The van der Waals surface area contributed by atoms with E-state index in [4.69, 9.17) is 4.74 Å². The van der Waals surface area contributed by atoms with Crippen molar-refractivity contribution in [2.24, 2.45) is 0 Å². The minimum atomic E-state index is -0.0705. The van der Waals surface area contributed by atoms with Crippen molar-refractivity contribution in [3.8, 4) is 0 Å². The minimum Gasteiger partial charge on any atom is -0.377 e. The van der Waals surface area contributed by atoms with Gasteiger partial charge >= 0.3 is 0 Å². The van der Waals surface area contributed by atoms with Crippen LogP contribution in [0.2, 0.25) is 0 Å². The van der Waals surface area contributed by atoms with Gasteiger partial charge in [0.05, 0.1) is 5.69 Å². The van der Waals surface area contributed by atoms with Gasteiger partial charge in [-0.05, 0) is 13.3 Å². The number of aromatic amines is 1. The SMILES string of the molecule is CCc1nc(COC)[nH]c(=O)c1C. The Labute approximate surface area is 77.0 Å². The lowest BCUT2D eigenvalue weighted by Crippen LogP contribution is -2.17. The van der Waals surface area contributed by atoms with Gasteiger partial charge in [0.15, 0.2) is 0 Å². The second kappa shape index (κ2) is 4.18. The molecule has 0 amide bonds. The van der Waals surface area contributed by atoms with E-state index in [-0.39, 0.29) is 5.56 Å². The van der Waals surface area contributed by atoms with Crippen molar-refractivity contribution in [1.82, 2.24) is 9.97 Å². The molecule has 13 heavy (non-hydrogen) atoms. The molecule has 0 bridgehead atoms. The molecule has 0 fully saturated rings. The molecule has 1 heterocycles. The lowest BCUT2D eigenvalue weighted by Gasteiger charge is -2.04. The van der Waals surface area contributed by atoms with Crippen molar-refractivity contribution in [2.75, 3.05) is 7.11 Å². The number of ether oxygens (including phenoxy) is 1. The first-order valence-corrected chi connectivity index (χ1v) is 4.26. The van der Waals surface area contributed by atoms with Crippen molar-refractivity contribution in [3.63, 3.8) is 0 Å². The molecule has 0 unspecified atom stereocenters. The Balaban J connectivity index is 3.14. The molecule has 0 aromatic carbocycles. The van der Waals surface area contributed by atoms with Crippen LogP contribution in [-0.4, -0.2) is 17.1 Å². The molecule has 0 aliphatic heterocycles. The number of aromatic nitrogens is 2. The van der Waals surface area contributed by atoms with Crippen LogP contribution in [-0.2, 0) is 17.8 Å². The molecule has 4 nitrogen and oxygen atoms in total. The van der Waals surface area contributed by atoms with Crippen molar-refractivity contribution in [2.45, 2.75) is 26.9 Å². The number of H-pyrrole nitrogens is 1. The maximum absolute atomic E-state index is 11.3. The smallest absolute Gasteiger partial charge is 0.254 e. The van der Waals surface area contributed by atoms with E-state index >= 15 is 0 Å². The van der Waals surface area contributed by atoms with Gasteiger partial charge in [0.25, 0.3) is 5.56 Å². The fourth-order valence-corrected chi connectivity index (χ4v) is 1.18. The van der Waals surface area contributed by atoms with E-state index < -0.39 is 0 Å². The molecular weight excluding hydrogens is 168 g/mol. The van der Waals surface area contributed by atoms with Crippen molar-refractivity contribution in [1.29, 1.82) is 0 Å². The number of nitrogens with zero attached hydrogens (tertiary/aromatic N) is 1. The predicted octanol–water partition coefficient (Wildman–Crippen LogP) is 0.787. The third-order valence-corrected chi connectivity index (χ3v) is 1.92. The molecule has 72 valence electrons. The second-order valence-corrected chi connectivity index (χ2v) is 2.87. The fourth-order valence-electron chi connectivity index (χ4n) is 1.18. The predicted molar refractivity (Wildman–Crippen MR) is 49.7 cm³/mol. The molecule has 1 aromatic heterocycles. The van der Waals surface area contributed by atoms with Crippen LogP contribution in [0.3, 0.4) is 0 Å². The van der Waals surface area contributed by atoms with E-state index in [0.29, 0.717) is 18.0 Å². The van der Waals surface area contributed by atoms with Crippen LogP contribution in [0.15, 0.2) is 4.79 Å². The van der Waals surface area contributed by atoms with E-state index in [1.165, 1.54) is 0 Å². The molecule has 0 radical (unpaired) electrons. The van der Waals surface area contributed by atoms with E-state index in [1.807, 2.05) is 6.92 Å². The Morgan fingerprint density at radius 1 is 1.54 bits per heavy atom. The van der Waals surface area contributed by atoms with E-state index in [0.717, 1.165) is 12.1 Å². The molecule has 0 saturated heterocycles. The highest BCUT2D eigenvalue weighted by molar-refractivity contribution is 5.15. The normalized spacial score (nSPS) is 10.4. The summed E-state index contributed by atoms with van der Waals surface area (Å²) in [6.07, 6.45) is 0.770. The summed E-state index contributed by atoms with van der Waals surface area (Å²) in [5.41, 5.74) is 1.47. The van der Waals surface area contributed by atoms with Crippen LogP contribution in [0.1, 0.15) is 24.0 Å².